The number of hydrogen-bond acceptors (Lipinski definition) is 5. The van der Waals surface area contributed by atoms with Gasteiger partial charge in [0, 0.05) is 6.54 Å². The molecule has 0 radical (unpaired) electrons. The Hall–Kier alpha value is -1.73. The first-order valence-electron chi connectivity index (χ1n) is 6.52. The second kappa shape index (κ2) is 4.99. The van der Waals surface area contributed by atoms with E-state index in [1.54, 1.807) is 11.8 Å². The summed E-state index contributed by atoms with van der Waals surface area (Å²) in [6.07, 6.45) is 3.08. The van der Waals surface area contributed by atoms with Gasteiger partial charge in [-0.2, -0.15) is 0 Å². The first-order chi connectivity index (χ1) is 9.63. The van der Waals surface area contributed by atoms with Crippen LogP contribution < -0.4 is 5.56 Å². The molecule has 0 aromatic carbocycles. The number of carbonyl (C=O) groups excluding carboxylic acids is 1. The minimum atomic E-state index is -0.220. The summed E-state index contributed by atoms with van der Waals surface area (Å²) in [6, 6.07) is -0.113. The van der Waals surface area contributed by atoms with Crippen LogP contribution in [0.5, 0.6) is 0 Å². The van der Waals surface area contributed by atoms with Crippen LogP contribution in [0, 0.1) is 6.92 Å². The molecule has 3 rings (SSSR count). The summed E-state index contributed by atoms with van der Waals surface area (Å²) in [4.78, 5) is 33.9. The van der Waals surface area contributed by atoms with Crippen LogP contribution in [0.1, 0.15) is 28.1 Å². The lowest BCUT2D eigenvalue weighted by molar-refractivity contribution is 0.0682. The van der Waals surface area contributed by atoms with Crippen molar-refractivity contribution in [3.63, 3.8) is 0 Å². The van der Waals surface area contributed by atoms with Crippen molar-refractivity contribution in [2.75, 3.05) is 13.2 Å². The molecule has 6 nitrogen and oxygen atoms in total. The maximum absolute atomic E-state index is 12.6. The Labute approximate surface area is 119 Å². The van der Waals surface area contributed by atoms with Crippen molar-refractivity contribution >= 4 is 27.5 Å². The molecule has 1 aliphatic rings. The number of H-pyrrole nitrogens is 1. The number of nitrogens with one attached hydrogen (secondary N) is 1. The highest BCUT2D eigenvalue weighted by Gasteiger charge is 2.31. The number of aryl methyl sites for hydroxylation is 1. The number of aliphatic hydroxyl groups is 1. The number of aromatic amines is 1. The van der Waals surface area contributed by atoms with Crippen LogP contribution in [0.4, 0.5) is 0 Å². The van der Waals surface area contributed by atoms with Crippen molar-refractivity contribution in [1.29, 1.82) is 0 Å². The van der Waals surface area contributed by atoms with E-state index >= 15 is 0 Å². The molecule has 1 saturated heterocycles. The van der Waals surface area contributed by atoms with Gasteiger partial charge in [-0.3, -0.25) is 9.59 Å². The number of aliphatic hydroxyl groups excluding tert-OH is 1. The first kappa shape index (κ1) is 13.3. The van der Waals surface area contributed by atoms with Crippen molar-refractivity contribution in [1.82, 2.24) is 14.9 Å². The summed E-state index contributed by atoms with van der Waals surface area (Å²) in [5.41, 5.74) is 0.455. The molecule has 0 aliphatic carbocycles. The lowest BCUT2D eigenvalue weighted by Crippen LogP contribution is -2.37. The molecule has 1 aliphatic heterocycles. The minimum absolute atomic E-state index is 0.0193. The maximum atomic E-state index is 12.6. The predicted octanol–water partition coefficient (Wildman–Crippen LogP) is 0.890. The summed E-state index contributed by atoms with van der Waals surface area (Å²) in [5, 5.41) is 9.81. The van der Waals surface area contributed by atoms with Gasteiger partial charge in [-0.25, -0.2) is 4.98 Å². The van der Waals surface area contributed by atoms with Gasteiger partial charge in [0.1, 0.15) is 4.83 Å². The molecular formula is C13H15N3O3S. The van der Waals surface area contributed by atoms with Crippen LogP contribution in [-0.4, -0.2) is 45.1 Å². The van der Waals surface area contributed by atoms with Crippen molar-refractivity contribution < 1.29 is 9.90 Å². The normalized spacial score (nSPS) is 18.9. The molecule has 0 bridgehead atoms. The van der Waals surface area contributed by atoms with E-state index in [0.29, 0.717) is 27.2 Å². The third kappa shape index (κ3) is 1.94. The van der Waals surface area contributed by atoms with Gasteiger partial charge in [0.15, 0.2) is 0 Å². The van der Waals surface area contributed by atoms with Gasteiger partial charge < -0.3 is 15.0 Å². The Bertz CT molecular complexity index is 721. The van der Waals surface area contributed by atoms with Crippen LogP contribution in [0.2, 0.25) is 0 Å². The van der Waals surface area contributed by atoms with Gasteiger partial charge in [0.05, 0.1) is 29.2 Å². The number of nitrogens with zero attached hydrogens (tertiary/aromatic N) is 2. The Morgan fingerprint density at radius 2 is 2.45 bits per heavy atom. The molecule has 2 aromatic rings. The topological polar surface area (TPSA) is 86.3 Å². The zero-order chi connectivity index (χ0) is 14.3. The van der Waals surface area contributed by atoms with Crippen LogP contribution in [-0.2, 0) is 0 Å². The Kier molecular flexibility index (Phi) is 3.31. The molecule has 1 atom stereocenters. The smallest absolute Gasteiger partial charge is 0.264 e. The van der Waals surface area contributed by atoms with Crippen LogP contribution >= 0.6 is 11.3 Å². The molecule has 20 heavy (non-hydrogen) atoms. The van der Waals surface area contributed by atoms with E-state index in [1.807, 2.05) is 0 Å². The lowest BCUT2D eigenvalue weighted by atomic mass is 10.2. The minimum Gasteiger partial charge on any atom is -0.394 e. The average molecular weight is 293 g/mol. The van der Waals surface area contributed by atoms with Gasteiger partial charge in [0.25, 0.3) is 11.5 Å². The van der Waals surface area contributed by atoms with E-state index < -0.39 is 0 Å². The molecule has 2 aromatic heterocycles. The third-order valence-corrected chi connectivity index (χ3v) is 4.96. The second-order valence-corrected chi connectivity index (χ2v) is 5.94. The van der Waals surface area contributed by atoms with Gasteiger partial charge in [0.2, 0.25) is 0 Å². The molecule has 3 heterocycles. The van der Waals surface area contributed by atoms with E-state index in [1.165, 1.54) is 17.7 Å². The standard InChI is InChI=1S/C13H15N3O3S/c1-7-9-11(18)14-6-15-12(9)20-10(7)13(19)16-4-2-3-8(16)5-17/h6,8,17H,2-5H2,1H3,(H,14,15,18). The number of hydrogen-bond donors (Lipinski definition) is 2. The number of likely N-dealkylation sites (tertiary alicyclic amines) is 1. The molecule has 1 fully saturated rings. The fraction of sp³-hybridized carbons (Fsp3) is 0.462. The van der Waals surface area contributed by atoms with Gasteiger partial charge in [-0.15, -0.1) is 11.3 Å². The zero-order valence-corrected chi connectivity index (χ0v) is 11.9. The molecule has 0 saturated carbocycles. The lowest BCUT2D eigenvalue weighted by Gasteiger charge is -2.22. The zero-order valence-electron chi connectivity index (χ0n) is 11.0. The SMILES string of the molecule is Cc1c(C(=O)N2CCCC2CO)sc2nc[nH]c(=O)c12. The molecule has 0 spiro atoms. The fourth-order valence-electron chi connectivity index (χ4n) is 2.71. The van der Waals surface area contributed by atoms with Crippen LogP contribution in [0.15, 0.2) is 11.1 Å². The first-order valence-corrected chi connectivity index (χ1v) is 7.33. The number of thiophene rings is 1. The Morgan fingerprint density at radius 3 is 3.15 bits per heavy atom. The van der Waals surface area contributed by atoms with Crippen molar-refractivity contribution in [2.45, 2.75) is 25.8 Å². The van der Waals surface area contributed by atoms with Crippen LogP contribution in [0.25, 0.3) is 10.2 Å². The fourth-order valence-corrected chi connectivity index (χ4v) is 3.81. The molecule has 1 amide bonds. The number of carbonyl (C=O) groups is 1. The summed E-state index contributed by atoms with van der Waals surface area (Å²) >= 11 is 1.24. The van der Waals surface area contributed by atoms with Crippen LogP contribution in [0.3, 0.4) is 0 Å². The van der Waals surface area contributed by atoms with E-state index in [4.69, 9.17) is 0 Å². The monoisotopic (exact) mass is 293 g/mol. The molecule has 7 heteroatoms. The number of rotatable bonds is 2. The van der Waals surface area contributed by atoms with Crippen molar-refractivity contribution in [3.8, 4) is 0 Å². The van der Waals surface area contributed by atoms with Gasteiger partial charge in [-0.05, 0) is 25.3 Å². The highest BCUT2D eigenvalue weighted by atomic mass is 32.1. The summed E-state index contributed by atoms with van der Waals surface area (Å²) in [7, 11) is 0. The largest absolute Gasteiger partial charge is 0.394 e. The molecule has 106 valence electrons. The quantitative estimate of drug-likeness (QED) is 0.861. The number of fused-ring (bicyclic) bond motifs is 1. The maximum Gasteiger partial charge on any atom is 0.264 e. The van der Waals surface area contributed by atoms with Gasteiger partial charge in [-0.1, -0.05) is 0 Å². The number of aromatic nitrogens is 2. The summed E-state index contributed by atoms with van der Waals surface area (Å²) < 4.78 is 0. The Balaban J connectivity index is 2.06. The summed E-state index contributed by atoms with van der Waals surface area (Å²) in [6.45, 7) is 2.41. The molecule has 1 unspecified atom stereocenters. The van der Waals surface area contributed by atoms with E-state index in [9.17, 15) is 14.7 Å². The van der Waals surface area contributed by atoms with Crippen molar-refractivity contribution in [3.05, 3.63) is 27.1 Å². The summed E-state index contributed by atoms with van der Waals surface area (Å²) in [5.74, 6) is -0.110. The molecule has 2 N–H and O–H groups in total. The third-order valence-electron chi connectivity index (χ3n) is 3.78. The molecular weight excluding hydrogens is 278 g/mol. The van der Waals surface area contributed by atoms with E-state index in [2.05, 4.69) is 9.97 Å². The predicted molar refractivity (Wildman–Crippen MR) is 76.1 cm³/mol. The average Bonchev–Trinajstić information content (AvgIpc) is 3.03. The van der Waals surface area contributed by atoms with Crippen molar-refractivity contribution in [2.24, 2.45) is 0 Å². The number of amides is 1. The Morgan fingerprint density at radius 1 is 1.65 bits per heavy atom. The van der Waals surface area contributed by atoms with E-state index in [-0.39, 0.29) is 24.1 Å². The highest BCUT2D eigenvalue weighted by molar-refractivity contribution is 7.20. The second-order valence-electron chi connectivity index (χ2n) is 4.95. The van der Waals surface area contributed by atoms with E-state index in [0.717, 1.165) is 12.8 Å². The highest BCUT2D eigenvalue weighted by Crippen LogP contribution is 2.30. The van der Waals surface area contributed by atoms with Gasteiger partial charge >= 0.3 is 0 Å².